The van der Waals surface area contributed by atoms with E-state index in [1.807, 2.05) is 0 Å². The summed E-state index contributed by atoms with van der Waals surface area (Å²) >= 11 is 6.42. The Morgan fingerprint density at radius 1 is 1.16 bits per heavy atom. The first-order chi connectivity index (χ1) is 18.5. The summed E-state index contributed by atoms with van der Waals surface area (Å²) in [6, 6.07) is 14.3. The lowest BCUT2D eigenvalue weighted by atomic mass is 10.1. The van der Waals surface area contributed by atoms with Crippen molar-refractivity contribution in [1.29, 1.82) is 0 Å². The second kappa shape index (κ2) is 9.89. The van der Waals surface area contributed by atoms with Crippen LogP contribution in [0.25, 0.3) is 10.9 Å². The summed E-state index contributed by atoms with van der Waals surface area (Å²) in [4.78, 5) is 20.0. The lowest BCUT2D eigenvalue weighted by Crippen LogP contribution is -2.13. The molecule has 0 unspecified atom stereocenters. The quantitative estimate of drug-likeness (QED) is 0.194. The van der Waals surface area contributed by atoms with E-state index in [1.165, 1.54) is 24.5 Å². The van der Waals surface area contributed by atoms with E-state index in [4.69, 9.17) is 16.3 Å². The lowest BCUT2D eigenvalue weighted by Gasteiger charge is -2.12. The van der Waals surface area contributed by atoms with Crippen molar-refractivity contribution in [2.75, 3.05) is 18.4 Å². The maximum atomic E-state index is 13.4. The standard InChI is InChI=1S/C28H21ClFN5O3/c29-24-10-19(5-7-27(24)38-14-16-2-1-3-18(30)8-16)34-28-21-11-26(35(36)37)17(9-25(21)32-15-33-28)4-6-20-22-12-31-13-23(20)22/h1-3,5,7-11,15,20,22-23,31H,12-14H2,(H,32,33,34)/t20-,22-,23+. The molecule has 0 radical (unpaired) electrons. The summed E-state index contributed by atoms with van der Waals surface area (Å²) in [6.07, 6.45) is 1.39. The van der Waals surface area contributed by atoms with Gasteiger partial charge in [-0.2, -0.15) is 0 Å². The predicted octanol–water partition coefficient (Wildman–Crippen LogP) is 5.47. The van der Waals surface area contributed by atoms with Gasteiger partial charge in [0.2, 0.25) is 0 Å². The largest absolute Gasteiger partial charge is 0.487 e. The van der Waals surface area contributed by atoms with Crippen molar-refractivity contribution < 1.29 is 14.1 Å². The van der Waals surface area contributed by atoms with E-state index in [0.717, 1.165) is 13.1 Å². The summed E-state index contributed by atoms with van der Waals surface area (Å²) in [5, 5.41) is 19.2. The van der Waals surface area contributed by atoms with Crippen LogP contribution in [0, 0.1) is 45.5 Å². The van der Waals surface area contributed by atoms with Gasteiger partial charge in [0.15, 0.2) is 0 Å². The number of fused-ring (bicyclic) bond motifs is 2. The summed E-state index contributed by atoms with van der Waals surface area (Å²) in [6.45, 7) is 2.07. The fraction of sp³-hybridized carbons (Fsp3) is 0.214. The molecular weight excluding hydrogens is 509 g/mol. The number of nitrogens with one attached hydrogen (secondary N) is 2. The van der Waals surface area contributed by atoms with Gasteiger partial charge >= 0.3 is 0 Å². The van der Waals surface area contributed by atoms with E-state index >= 15 is 0 Å². The topological polar surface area (TPSA) is 102 Å². The van der Waals surface area contributed by atoms with Crippen molar-refractivity contribution in [2.24, 2.45) is 17.8 Å². The highest BCUT2D eigenvalue weighted by molar-refractivity contribution is 6.32. The van der Waals surface area contributed by atoms with E-state index in [1.54, 1.807) is 36.4 Å². The molecule has 2 N–H and O–H groups in total. The Labute approximate surface area is 222 Å². The minimum absolute atomic E-state index is 0.0917. The fourth-order valence-corrected chi connectivity index (χ4v) is 5.09. The number of nitro benzene ring substituents is 1. The van der Waals surface area contributed by atoms with Crippen molar-refractivity contribution >= 4 is 39.7 Å². The number of benzene rings is 3. The summed E-state index contributed by atoms with van der Waals surface area (Å²) in [7, 11) is 0. The molecule has 2 aliphatic rings. The van der Waals surface area contributed by atoms with E-state index in [-0.39, 0.29) is 18.1 Å². The smallest absolute Gasteiger partial charge is 0.285 e. The van der Waals surface area contributed by atoms with E-state index < -0.39 is 4.92 Å². The van der Waals surface area contributed by atoms with Crippen molar-refractivity contribution in [3.63, 3.8) is 0 Å². The zero-order chi connectivity index (χ0) is 26.2. The Hall–Kier alpha value is -4.26. The molecule has 6 rings (SSSR count). The number of nitro groups is 1. The number of rotatable bonds is 6. The highest BCUT2D eigenvalue weighted by Gasteiger charge is 2.51. The van der Waals surface area contributed by atoms with Gasteiger partial charge in [-0.15, -0.1) is 0 Å². The zero-order valence-corrected chi connectivity index (χ0v) is 20.7. The number of piperidine rings is 1. The van der Waals surface area contributed by atoms with E-state index in [9.17, 15) is 14.5 Å². The molecular formula is C28H21ClFN5O3. The molecule has 4 aromatic rings. The molecule has 10 heteroatoms. The van der Waals surface area contributed by atoms with Gasteiger partial charge in [0.1, 0.15) is 35.9 Å². The molecule has 8 nitrogen and oxygen atoms in total. The molecule has 0 spiro atoms. The third-order valence-electron chi connectivity index (χ3n) is 6.89. The van der Waals surface area contributed by atoms with Crippen LogP contribution in [0.5, 0.6) is 5.75 Å². The Morgan fingerprint density at radius 3 is 2.76 bits per heavy atom. The molecule has 2 heterocycles. The molecule has 2 fully saturated rings. The predicted molar refractivity (Wildman–Crippen MR) is 142 cm³/mol. The van der Waals surface area contributed by atoms with Crippen LogP contribution in [0.4, 0.5) is 21.6 Å². The molecule has 1 saturated carbocycles. The van der Waals surface area contributed by atoms with Crippen LogP contribution in [0.15, 0.2) is 60.9 Å². The van der Waals surface area contributed by atoms with Crippen molar-refractivity contribution in [3.8, 4) is 17.6 Å². The average molecular weight is 530 g/mol. The van der Waals surface area contributed by atoms with Crippen LogP contribution >= 0.6 is 11.6 Å². The van der Waals surface area contributed by atoms with Crippen molar-refractivity contribution in [2.45, 2.75) is 6.61 Å². The van der Waals surface area contributed by atoms with Crippen LogP contribution in [-0.4, -0.2) is 28.0 Å². The number of halogens is 2. The van der Waals surface area contributed by atoms with Crippen LogP contribution in [0.1, 0.15) is 11.1 Å². The van der Waals surface area contributed by atoms with Crippen LogP contribution in [0.2, 0.25) is 5.02 Å². The van der Waals surface area contributed by atoms with Gasteiger partial charge in [0.05, 0.1) is 15.5 Å². The van der Waals surface area contributed by atoms with Gasteiger partial charge in [-0.05, 0) is 66.9 Å². The van der Waals surface area contributed by atoms with Gasteiger partial charge in [0.25, 0.3) is 5.69 Å². The van der Waals surface area contributed by atoms with Gasteiger partial charge in [0, 0.05) is 23.1 Å². The highest BCUT2D eigenvalue weighted by Crippen LogP contribution is 2.48. The van der Waals surface area contributed by atoms with E-state index in [0.29, 0.717) is 62.1 Å². The number of aromatic nitrogens is 2. The first-order valence-electron chi connectivity index (χ1n) is 12.1. The SMILES string of the molecule is O=[N+]([O-])c1cc2c(Nc3ccc(OCc4cccc(F)c4)c(Cl)c3)ncnc2cc1C#C[C@@H]1[C@H]2CNC[C@@H]12. The monoisotopic (exact) mass is 529 g/mol. The van der Waals surface area contributed by atoms with Crippen molar-refractivity contribution in [3.05, 3.63) is 93.0 Å². The van der Waals surface area contributed by atoms with Gasteiger partial charge in [-0.25, -0.2) is 14.4 Å². The third-order valence-corrected chi connectivity index (χ3v) is 7.19. The first-order valence-corrected chi connectivity index (χ1v) is 12.4. The highest BCUT2D eigenvalue weighted by atomic mass is 35.5. The molecule has 3 aromatic carbocycles. The molecule has 0 bridgehead atoms. The number of hydrogen-bond acceptors (Lipinski definition) is 7. The van der Waals surface area contributed by atoms with Gasteiger partial charge in [-0.3, -0.25) is 10.1 Å². The Balaban J connectivity index is 1.24. The summed E-state index contributed by atoms with van der Waals surface area (Å²) in [5.41, 5.74) is 2.07. The summed E-state index contributed by atoms with van der Waals surface area (Å²) < 4.78 is 19.1. The molecule has 38 heavy (non-hydrogen) atoms. The molecule has 190 valence electrons. The first kappa shape index (κ1) is 24.1. The Morgan fingerprint density at radius 2 is 2.00 bits per heavy atom. The van der Waals surface area contributed by atoms with Gasteiger partial charge in [-0.1, -0.05) is 35.6 Å². The van der Waals surface area contributed by atoms with Gasteiger partial charge < -0.3 is 15.4 Å². The third kappa shape index (κ3) is 4.84. The van der Waals surface area contributed by atoms with Crippen LogP contribution in [0.3, 0.4) is 0 Å². The average Bonchev–Trinajstić information content (AvgIpc) is 3.32. The molecule has 1 aliphatic heterocycles. The minimum atomic E-state index is -0.433. The second-order valence-electron chi connectivity index (χ2n) is 9.34. The molecule has 1 saturated heterocycles. The minimum Gasteiger partial charge on any atom is -0.487 e. The van der Waals surface area contributed by atoms with Crippen LogP contribution in [-0.2, 0) is 6.61 Å². The Kier molecular flexibility index (Phi) is 6.27. The van der Waals surface area contributed by atoms with E-state index in [2.05, 4.69) is 32.4 Å². The number of nitrogens with zero attached hydrogens (tertiary/aromatic N) is 3. The lowest BCUT2D eigenvalue weighted by molar-refractivity contribution is -0.385. The number of ether oxygens (including phenoxy) is 1. The maximum absolute atomic E-state index is 13.4. The van der Waals surface area contributed by atoms with Crippen LogP contribution < -0.4 is 15.4 Å². The normalized spacial score (nSPS) is 19.4. The summed E-state index contributed by atoms with van der Waals surface area (Å²) in [5.74, 6) is 8.13. The molecule has 1 aromatic heterocycles. The number of anilines is 2. The maximum Gasteiger partial charge on any atom is 0.285 e. The number of hydrogen-bond donors (Lipinski definition) is 2. The molecule has 1 aliphatic carbocycles. The zero-order valence-electron chi connectivity index (χ0n) is 19.9. The fourth-order valence-electron chi connectivity index (χ4n) is 4.86. The Bertz CT molecular complexity index is 1630. The second-order valence-corrected chi connectivity index (χ2v) is 9.74. The van der Waals surface area contributed by atoms with Crippen molar-refractivity contribution in [1.82, 2.24) is 15.3 Å². The molecule has 0 amide bonds. The molecule has 3 atom stereocenters.